The fraction of sp³-hybridized carbons (Fsp3) is 0.655. The first-order valence-corrected chi connectivity index (χ1v) is 26.2. The van der Waals surface area contributed by atoms with Crippen molar-refractivity contribution in [1.82, 2.24) is 0 Å². The predicted molar refractivity (Wildman–Crippen MR) is 269 cm³/mol. The molecule has 0 atom stereocenters. The minimum atomic E-state index is 1.15. The van der Waals surface area contributed by atoms with Crippen LogP contribution < -0.4 is 0 Å². The molecule has 2 heteroatoms. The summed E-state index contributed by atoms with van der Waals surface area (Å²) in [4.78, 5) is 0. The highest BCUT2D eigenvalue weighted by Gasteiger charge is 2.32. The van der Waals surface area contributed by atoms with E-state index in [1.807, 2.05) is 0 Å². The average molecular weight is 819 g/mol. The molecular weight excluding hydrogens is 725 g/mol. The van der Waals surface area contributed by atoms with Gasteiger partial charge >= 0.3 is 0 Å². The highest BCUT2D eigenvalue weighted by molar-refractivity contribution is 6.07. The Labute approximate surface area is 372 Å². The van der Waals surface area contributed by atoms with Crippen molar-refractivity contribution in [3.05, 3.63) is 83.9 Å². The van der Waals surface area contributed by atoms with E-state index in [1.54, 1.807) is 22.3 Å². The third-order valence-electron chi connectivity index (χ3n) is 14.2. The first-order valence-electron chi connectivity index (χ1n) is 26.2. The van der Waals surface area contributed by atoms with Gasteiger partial charge in [0.1, 0.15) is 13.1 Å². The van der Waals surface area contributed by atoms with Crippen molar-refractivity contribution in [3.63, 3.8) is 0 Å². The van der Waals surface area contributed by atoms with Gasteiger partial charge in [-0.15, -0.1) is 0 Å². The van der Waals surface area contributed by atoms with E-state index >= 15 is 0 Å². The molecule has 0 aliphatic rings. The highest BCUT2D eigenvalue weighted by Crippen LogP contribution is 2.42. The van der Waals surface area contributed by atoms with Crippen molar-refractivity contribution in [3.8, 4) is 11.1 Å². The van der Waals surface area contributed by atoms with Crippen LogP contribution in [0.15, 0.2) is 72.8 Å². The van der Waals surface area contributed by atoms with Gasteiger partial charge in [-0.05, 0) is 110 Å². The van der Waals surface area contributed by atoms with Gasteiger partial charge in [0.2, 0.25) is 0 Å². The van der Waals surface area contributed by atoms with Gasteiger partial charge in [0, 0.05) is 11.1 Å². The van der Waals surface area contributed by atoms with Gasteiger partial charge in [0.25, 0.3) is 0 Å². The smallest absolute Gasteiger partial charge is 0.105 e. The zero-order chi connectivity index (χ0) is 42.7. The lowest BCUT2D eigenvalue weighted by Crippen LogP contribution is -2.50. The van der Waals surface area contributed by atoms with Crippen molar-refractivity contribution in [2.45, 2.75) is 209 Å². The summed E-state index contributed by atoms with van der Waals surface area (Å²) in [6.45, 7) is 24.4. The molecule has 0 amide bonds. The van der Waals surface area contributed by atoms with Crippen LogP contribution in [0.4, 0.5) is 0 Å². The number of fused-ring (bicyclic) bond motifs is 2. The maximum absolute atomic E-state index is 2.60. The molecule has 0 bridgehead atoms. The summed E-state index contributed by atoms with van der Waals surface area (Å²) in [6.07, 6.45) is 32.3. The molecule has 0 saturated heterocycles. The summed E-state index contributed by atoms with van der Waals surface area (Å²) in [7, 11) is 0. The Morgan fingerprint density at radius 1 is 0.283 bits per heavy atom. The zero-order valence-corrected chi connectivity index (χ0v) is 40.5. The number of quaternary nitrogens is 2. The molecule has 0 aliphatic heterocycles. The van der Waals surface area contributed by atoms with Gasteiger partial charge in [-0.2, -0.15) is 0 Å². The SMILES string of the molecule is CCCCCC[N+](CCCCCC)(CCCCCC)Cc1ccc2ccccc2c1-c1c(C[N+](CCCCCC)(CCCCCC)CCCCCC)ccc2ccccc12. The Morgan fingerprint density at radius 3 is 0.817 bits per heavy atom. The highest BCUT2D eigenvalue weighted by atomic mass is 15.4. The molecule has 0 unspecified atom stereocenters. The van der Waals surface area contributed by atoms with Gasteiger partial charge in [-0.1, -0.05) is 191 Å². The Kier molecular flexibility index (Phi) is 24.0. The Hall–Kier alpha value is -2.68. The second kappa shape index (κ2) is 28.8. The summed E-state index contributed by atoms with van der Waals surface area (Å²) in [6, 6.07) is 29.0. The number of benzene rings is 4. The van der Waals surface area contributed by atoms with E-state index in [0.29, 0.717) is 0 Å². The summed E-state index contributed by atoms with van der Waals surface area (Å²) < 4.78 is 2.52. The van der Waals surface area contributed by atoms with Crippen molar-refractivity contribution in [2.24, 2.45) is 0 Å². The topological polar surface area (TPSA) is 0 Å². The number of unbranched alkanes of at least 4 members (excludes halogenated alkanes) is 18. The molecule has 2 nitrogen and oxygen atoms in total. The van der Waals surface area contributed by atoms with Crippen molar-refractivity contribution < 1.29 is 8.97 Å². The van der Waals surface area contributed by atoms with Gasteiger partial charge in [0.15, 0.2) is 0 Å². The van der Waals surface area contributed by atoms with Gasteiger partial charge < -0.3 is 8.97 Å². The Balaban J connectivity index is 1.96. The molecule has 4 rings (SSSR count). The molecule has 0 radical (unpaired) electrons. The summed E-state index contributed by atoms with van der Waals surface area (Å²) in [5, 5.41) is 5.70. The molecule has 0 heterocycles. The lowest BCUT2D eigenvalue weighted by molar-refractivity contribution is -0.941. The fourth-order valence-corrected chi connectivity index (χ4v) is 10.6. The van der Waals surface area contributed by atoms with Crippen LogP contribution in [0.25, 0.3) is 32.7 Å². The molecule has 0 fully saturated rings. The largest absolute Gasteiger partial charge is 0.320 e. The minimum absolute atomic E-state index is 1.15. The lowest BCUT2D eigenvalue weighted by Gasteiger charge is -2.41. The van der Waals surface area contributed by atoms with Gasteiger partial charge in [-0.25, -0.2) is 0 Å². The van der Waals surface area contributed by atoms with Crippen LogP contribution in [-0.2, 0) is 13.1 Å². The van der Waals surface area contributed by atoms with Crippen LogP contribution in [-0.4, -0.2) is 48.2 Å². The number of rotatable bonds is 35. The van der Waals surface area contributed by atoms with E-state index in [1.165, 1.54) is 224 Å². The summed E-state index contributed by atoms with van der Waals surface area (Å²) in [5.74, 6) is 0. The molecule has 60 heavy (non-hydrogen) atoms. The third-order valence-corrected chi connectivity index (χ3v) is 14.2. The monoisotopic (exact) mass is 819 g/mol. The van der Waals surface area contributed by atoms with Crippen molar-refractivity contribution in [1.29, 1.82) is 0 Å². The molecule has 0 saturated carbocycles. The summed E-state index contributed by atoms with van der Waals surface area (Å²) >= 11 is 0. The molecule has 0 aliphatic carbocycles. The molecule has 4 aromatic carbocycles. The van der Waals surface area contributed by atoms with Crippen LogP contribution in [0.2, 0.25) is 0 Å². The lowest BCUT2D eigenvalue weighted by atomic mass is 9.86. The number of hydrogen-bond acceptors (Lipinski definition) is 0. The van der Waals surface area contributed by atoms with Crippen LogP contribution in [0.1, 0.15) is 207 Å². The third kappa shape index (κ3) is 15.9. The first-order chi connectivity index (χ1) is 29.5. The molecule has 0 aromatic heterocycles. The van der Waals surface area contributed by atoms with E-state index < -0.39 is 0 Å². The van der Waals surface area contributed by atoms with Crippen LogP contribution in [0.3, 0.4) is 0 Å². The number of hydrogen-bond donors (Lipinski definition) is 0. The van der Waals surface area contributed by atoms with E-state index in [2.05, 4.69) is 114 Å². The van der Waals surface area contributed by atoms with Crippen LogP contribution >= 0.6 is 0 Å². The molecule has 4 aromatic rings. The minimum Gasteiger partial charge on any atom is -0.320 e. The zero-order valence-electron chi connectivity index (χ0n) is 40.5. The standard InChI is InChI=1S/C58H94N2/c1-7-13-19-29-43-59(44-30-20-14-8-2,45-31-21-15-9-3)49-53-41-39-51-35-25-27-37-55(51)57(53)58-54(42-40-52-36-26-28-38-56(52)58)50-60(46-32-22-16-10-4,47-33-23-17-11-5)48-34-24-18-12-6/h25-28,35-42H,7-24,29-34,43-50H2,1-6H3/q+2. The van der Waals surface area contributed by atoms with Crippen LogP contribution in [0.5, 0.6) is 0 Å². The van der Waals surface area contributed by atoms with Gasteiger partial charge in [0.05, 0.1) is 39.3 Å². The maximum Gasteiger partial charge on any atom is 0.105 e. The second-order valence-corrected chi connectivity index (χ2v) is 19.3. The van der Waals surface area contributed by atoms with E-state index in [0.717, 1.165) is 13.1 Å². The van der Waals surface area contributed by atoms with E-state index in [9.17, 15) is 0 Å². The maximum atomic E-state index is 2.60. The van der Waals surface area contributed by atoms with Gasteiger partial charge in [-0.3, -0.25) is 0 Å². The van der Waals surface area contributed by atoms with E-state index in [4.69, 9.17) is 0 Å². The van der Waals surface area contributed by atoms with Crippen molar-refractivity contribution in [2.75, 3.05) is 39.3 Å². The molecule has 0 spiro atoms. The predicted octanol–water partition coefficient (Wildman–Crippen LogP) is 17.8. The van der Waals surface area contributed by atoms with E-state index in [-0.39, 0.29) is 0 Å². The average Bonchev–Trinajstić information content (AvgIpc) is 3.27. The quantitative estimate of drug-likeness (QED) is 0.0320. The Bertz CT molecular complexity index is 1530. The summed E-state index contributed by atoms with van der Waals surface area (Å²) in [5.41, 5.74) is 6.30. The molecule has 0 N–H and O–H groups in total. The molecular formula is C58H94N2+2. The Morgan fingerprint density at radius 2 is 0.550 bits per heavy atom. The molecule has 334 valence electrons. The van der Waals surface area contributed by atoms with Crippen molar-refractivity contribution >= 4 is 21.5 Å². The second-order valence-electron chi connectivity index (χ2n) is 19.3. The first kappa shape index (κ1) is 50.0. The normalized spacial score (nSPS) is 12.3. The fourth-order valence-electron chi connectivity index (χ4n) is 10.6. The van der Waals surface area contributed by atoms with Crippen LogP contribution in [0, 0.1) is 0 Å². The number of nitrogens with zero attached hydrogens (tertiary/aromatic N) is 2.